The van der Waals surface area contributed by atoms with Gasteiger partial charge in [0.1, 0.15) is 11.5 Å². The molecule has 0 aliphatic carbocycles. The lowest BCUT2D eigenvalue weighted by Crippen LogP contribution is -2.13. The van der Waals surface area contributed by atoms with Crippen molar-refractivity contribution < 1.29 is 23.8 Å². The second-order valence-electron chi connectivity index (χ2n) is 8.73. The van der Waals surface area contributed by atoms with Crippen molar-refractivity contribution in [2.75, 3.05) is 14.2 Å². The molecule has 0 radical (unpaired) electrons. The van der Waals surface area contributed by atoms with Gasteiger partial charge in [0, 0.05) is 12.0 Å². The summed E-state index contributed by atoms with van der Waals surface area (Å²) in [5.74, 6) is 0.233. The first-order chi connectivity index (χ1) is 19.1. The molecule has 0 amide bonds. The van der Waals surface area contributed by atoms with E-state index >= 15 is 0 Å². The quantitative estimate of drug-likeness (QED) is 0.218. The van der Waals surface area contributed by atoms with Gasteiger partial charge in [0.05, 0.1) is 42.9 Å². The van der Waals surface area contributed by atoms with Crippen molar-refractivity contribution >= 4 is 11.9 Å². The zero-order valence-corrected chi connectivity index (χ0v) is 21.5. The van der Waals surface area contributed by atoms with Crippen molar-refractivity contribution in [3.05, 3.63) is 132 Å². The van der Waals surface area contributed by atoms with Crippen LogP contribution in [0.1, 0.15) is 32.0 Å². The highest BCUT2D eigenvalue weighted by Gasteiger charge is 2.21. The summed E-state index contributed by atoms with van der Waals surface area (Å²) >= 11 is 0. The molecule has 4 aromatic carbocycles. The first-order valence-electron chi connectivity index (χ1n) is 12.3. The van der Waals surface area contributed by atoms with Crippen molar-refractivity contribution in [1.29, 1.82) is 0 Å². The van der Waals surface area contributed by atoms with Crippen LogP contribution in [0, 0.1) is 0 Å². The smallest absolute Gasteiger partial charge is 0.338 e. The van der Waals surface area contributed by atoms with Gasteiger partial charge in [-0.25, -0.2) is 14.3 Å². The molecule has 5 rings (SSSR count). The van der Waals surface area contributed by atoms with Crippen molar-refractivity contribution in [2.45, 2.75) is 6.42 Å². The van der Waals surface area contributed by atoms with Gasteiger partial charge >= 0.3 is 11.9 Å². The van der Waals surface area contributed by atoms with Crippen molar-refractivity contribution in [3.8, 4) is 28.3 Å². The molecule has 1 aromatic heterocycles. The monoisotopic (exact) mass is 518 g/mol. The number of carbonyl (C=O) groups is 2. The standard InChI is InChI=1S/C32H26N2O5/c1-37-31(35)27-18-15-24(20-28(27)32(36)38-2)34-30(19-22-9-5-3-6-10-22)29(21-33-34)23-13-16-26(17-14-23)39-25-11-7-4-8-12-25/h3-18,20-21H,19H2,1-2H3. The first-order valence-corrected chi connectivity index (χ1v) is 12.3. The fourth-order valence-corrected chi connectivity index (χ4v) is 4.35. The summed E-state index contributed by atoms with van der Waals surface area (Å²) < 4.78 is 17.5. The van der Waals surface area contributed by atoms with Crippen molar-refractivity contribution in [3.63, 3.8) is 0 Å². The Morgan fingerprint density at radius 2 is 1.33 bits per heavy atom. The third-order valence-electron chi connectivity index (χ3n) is 6.29. The molecule has 5 aromatic rings. The van der Waals surface area contributed by atoms with Crippen LogP contribution in [0.2, 0.25) is 0 Å². The first kappa shape index (κ1) is 25.5. The molecule has 7 nitrogen and oxygen atoms in total. The summed E-state index contributed by atoms with van der Waals surface area (Å²) in [6.45, 7) is 0. The third kappa shape index (κ3) is 5.57. The van der Waals surface area contributed by atoms with E-state index in [1.807, 2.05) is 72.8 Å². The Morgan fingerprint density at radius 3 is 2.00 bits per heavy atom. The van der Waals surface area contributed by atoms with Gasteiger partial charge in [-0.3, -0.25) is 0 Å². The molecule has 0 unspecified atom stereocenters. The second kappa shape index (κ2) is 11.5. The van der Waals surface area contributed by atoms with E-state index in [4.69, 9.17) is 14.2 Å². The number of carbonyl (C=O) groups excluding carboxylic acids is 2. The molecule has 0 aliphatic rings. The number of esters is 2. The van der Waals surface area contributed by atoms with Gasteiger partial charge in [-0.2, -0.15) is 5.10 Å². The predicted molar refractivity (Wildman–Crippen MR) is 147 cm³/mol. The number of benzene rings is 4. The SMILES string of the molecule is COC(=O)c1ccc(-n2ncc(-c3ccc(Oc4ccccc4)cc3)c2Cc2ccccc2)cc1C(=O)OC. The lowest BCUT2D eigenvalue weighted by molar-refractivity contribution is 0.0555. The average molecular weight is 519 g/mol. The number of ether oxygens (including phenoxy) is 3. The highest BCUT2D eigenvalue weighted by Crippen LogP contribution is 2.31. The minimum absolute atomic E-state index is 0.104. The van der Waals surface area contributed by atoms with Crippen molar-refractivity contribution in [1.82, 2.24) is 9.78 Å². The average Bonchev–Trinajstić information content (AvgIpc) is 3.40. The van der Waals surface area contributed by atoms with Crippen LogP contribution >= 0.6 is 0 Å². The van der Waals surface area contributed by atoms with E-state index in [2.05, 4.69) is 17.2 Å². The number of para-hydroxylation sites is 1. The number of nitrogens with zero attached hydrogens (tertiary/aromatic N) is 2. The zero-order valence-electron chi connectivity index (χ0n) is 21.5. The van der Waals surface area contributed by atoms with Gasteiger partial charge in [0.2, 0.25) is 0 Å². The number of aromatic nitrogens is 2. The van der Waals surface area contributed by atoms with E-state index in [9.17, 15) is 9.59 Å². The molecule has 0 fully saturated rings. The summed E-state index contributed by atoms with van der Waals surface area (Å²) in [5.41, 5.74) is 4.76. The molecule has 0 aliphatic heterocycles. The number of rotatable bonds is 8. The maximum atomic E-state index is 12.5. The molecule has 7 heteroatoms. The van der Waals surface area contributed by atoms with E-state index in [0.717, 1.165) is 33.9 Å². The van der Waals surface area contributed by atoms with E-state index < -0.39 is 11.9 Å². The molecule has 0 saturated carbocycles. The van der Waals surface area contributed by atoms with Gasteiger partial charge < -0.3 is 14.2 Å². The van der Waals surface area contributed by atoms with Crippen LogP contribution in [-0.2, 0) is 15.9 Å². The summed E-state index contributed by atoms with van der Waals surface area (Å²) in [5, 5.41) is 4.69. The van der Waals surface area contributed by atoms with Crippen molar-refractivity contribution in [2.24, 2.45) is 0 Å². The molecular formula is C32H26N2O5. The van der Waals surface area contributed by atoms with E-state index in [-0.39, 0.29) is 11.1 Å². The minimum atomic E-state index is -0.636. The Kier molecular flexibility index (Phi) is 7.50. The predicted octanol–water partition coefficient (Wildman–Crippen LogP) is 6.50. The Balaban J connectivity index is 1.56. The van der Waals surface area contributed by atoms with E-state index in [0.29, 0.717) is 12.1 Å². The number of hydrogen-bond donors (Lipinski definition) is 0. The summed E-state index contributed by atoms with van der Waals surface area (Å²) in [6, 6.07) is 32.4. The van der Waals surface area contributed by atoms with Crippen LogP contribution in [0.15, 0.2) is 109 Å². The van der Waals surface area contributed by atoms with Crippen LogP contribution in [0.5, 0.6) is 11.5 Å². The normalized spacial score (nSPS) is 10.6. The third-order valence-corrected chi connectivity index (χ3v) is 6.29. The van der Waals surface area contributed by atoms with Gasteiger partial charge in [0.25, 0.3) is 0 Å². The lowest BCUT2D eigenvalue weighted by atomic mass is 10.0. The highest BCUT2D eigenvalue weighted by atomic mass is 16.5. The summed E-state index contributed by atoms with van der Waals surface area (Å²) in [4.78, 5) is 24.8. The maximum absolute atomic E-state index is 12.5. The Labute approximate surface area is 226 Å². The molecule has 1 heterocycles. The molecule has 39 heavy (non-hydrogen) atoms. The minimum Gasteiger partial charge on any atom is -0.465 e. The molecular weight excluding hydrogens is 492 g/mol. The molecule has 0 N–H and O–H groups in total. The Hall–Kier alpha value is -5.17. The Bertz CT molecular complexity index is 1590. The van der Waals surface area contributed by atoms with E-state index in [1.165, 1.54) is 14.2 Å². The van der Waals surface area contributed by atoms with Gasteiger partial charge in [-0.05, 0) is 53.6 Å². The number of methoxy groups -OCH3 is 2. The highest BCUT2D eigenvalue weighted by molar-refractivity contribution is 6.03. The van der Waals surface area contributed by atoms with Gasteiger partial charge in [-0.15, -0.1) is 0 Å². The molecule has 0 spiro atoms. The number of hydrogen-bond acceptors (Lipinski definition) is 6. The fourth-order valence-electron chi connectivity index (χ4n) is 4.35. The topological polar surface area (TPSA) is 79.7 Å². The van der Waals surface area contributed by atoms with Crippen LogP contribution < -0.4 is 4.74 Å². The summed E-state index contributed by atoms with van der Waals surface area (Å²) in [7, 11) is 2.54. The van der Waals surface area contributed by atoms with Crippen LogP contribution in [-0.4, -0.2) is 35.9 Å². The van der Waals surface area contributed by atoms with Crippen LogP contribution in [0.25, 0.3) is 16.8 Å². The van der Waals surface area contributed by atoms with Gasteiger partial charge in [0.15, 0.2) is 0 Å². The maximum Gasteiger partial charge on any atom is 0.338 e. The Morgan fingerprint density at radius 1 is 0.718 bits per heavy atom. The largest absolute Gasteiger partial charge is 0.465 e. The second-order valence-corrected chi connectivity index (χ2v) is 8.73. The van der Waals surface area contributed by atoms with Gasteiger partial charge in [-0.1, -0.05) is 60.7 Å². The lowest BCUT2D eigenvalue weighted by Gasteiger charge is -2.13. The van der Waals surface area contributed by atoms with Crippen LogP contribution in [0.3, 0.4) is 0 Å². The molecule has 0 saturated heterocycles. The molecule has 0 bridgehead atoms. The molecule has 194 valence electrons. The van der Waals surface area contributed by atoms with E-state index in [1.54, 1.807) is 29.1 Å². The van der Waals surface area contributed by atoms with Crippen LogP contribution in [0.4, 0.5) is 0 Å². The summed E-state index contributed by atoms with van der Waals surface area (Å²) in [6.07, 6.45) is 2.39. The fraction of sp³-hybridized carbons (Fsp3) is 0.0938. The molecule has 0 atom stereocenters. The zero-order chi connectivity index (χ0) is 27.2.